The number of nitrogens with one attached hydrogen (secondary N) is 1. The highest BCUT2D eigenvalue weighted by Gasteiger charge is 2.30. The Morgan fingerprint density at radius 3 is 2.46 bits per heavy atom. The number of sulfonamides is 1. The lowest BCUT2D eigenvalue weighted by Crippen LogP contribution is -2.41. The predicted molar refractivity (Wildman–Crippen MR) is 92.9 cm³/mol. The zero-order chi connectivity index (χ0) is 17.2. The van der Waals surface area contributed by atoms with Crippen LogP contribution in [-0.4, -0.2) is 41.8 Å². The second kappa shape index (κ2) is 6.82. The number of hydrogen-bond acceptors (Lipinski definition) is 6. The molecule has 0 radical (unpaired) electrons. The van der Waals surface area contributed by atoms with E-state index in [9.17, 15) is 13.5 Å². The Labute approximate surface area is 145 Å². The van der Waals surface area contributed by atoms with Crippen molar-refractivity contribution in [3.05, 3.63) is 41.7 Å². The molecule has 2 aromatic heterocycles. The molecule has 0 bridgehead atoms. The van der Waals surface area contributed by atoms with E-state index in [1.165, 1.54) is 18.3 Å². The van der Waals surface area contributed by atoms with E-state index < -0.39 is 15.3 Å². The van der Waals surface area contributed by atoms with E-state index in [4.69, 9.17) is 11.6 Å². The number of aromatic nitrogens is 2. The summed E-state index contributed by atoms with van der Waals surface area (Å²) >= 11 is 5.83. The topological polar surface area (TPSA) is 95.4 Å². The quantitative estimate of drug-likeness (QED) is 0.859. The molecule has 0 amide bonds. The molecule has 3 rings (SSSR count). The number of hydrogen-bond donors (Lipinski definition) is 2. The Kier molecular flexibility index (Phi) is 4.77. The monoisotopic (exact) mass is 368 g/mol. The van der Waals surface area contributed by atoms with Crippen LogP contribution in [0.5, 0.6) is 5.75 Å². The van der Waals surface area contributed by atoms with Gasteiger partial charge >= 0.3 is 0 Å². The van der Waals surface area contributed by atoms with Crippen molar-refractivity contribution < 1.29 is 13.5 Å². The second-order valence-electron chi connectivity index (χ2n) is 5.57. The molecule has 7 nitrogen and oxygen atoms in total. The summed E-state index contributed by atoms with van der Waals surface area (Å²) in [6.07, 6.45) is 3.78. The predicted octanol–water partition coefficient (Wildman–Crippen LogP) is 2.25. The smallest absolute Gasteiger partial charge is 0.236 e. The molecule has 3 heterocycles. The first-order valence-corrected chi connectivity index (χ1v) is 9.39. The van der Waals surface area contributed by atoms with Crippen LogP contribution in [0, 0.1) is 0 Å². The van der Waals surface area contributed by atoms with Gasteiger partial charge in [-0.1, -0.05) is 11.6 Å². The lowest BCUT2D eigenvalue weighted by molar-refractivity contribution is 0.473. The number of pyridine rings is 2. The minimum Gasteiger partial charge on any atom is -0.506 e. The molecule has 128 valence electrons. The minimum absolute atomic E-state index is 0.0123. The molecule has 0 atom stereocenters. The summed E-state index contributed by atoms with van der Waals surface area (Å²) in [7, 11) is -3.52. The fraction of sp³-hybridized carbons (Fsp3) is 0.333. The van der Waals surface area contributed by atoms with Crippen LogP contribution in [0.1, 0.15) is 12.8 Å². The van der Waals surface area contributed by atoms with E-state index in [1.54, 1.807) is 12.3 Å². The van der Waals surface area contributed by atoms with Gasteiger partial charge in [-0.25, -0.2) is 18.4 Å². The fourth-order valence-electron chi connectivity index (χ4n) is 2.63. The van der Waals surface area contributed by atoms with Gasteiger partial charge in [0.05, 0.1) is 16.5 Å². The van der Waals surface area contributed by atoms with Crippen molar-refractivity contribution >= 4 is 33.3 Å². The number of aromatic hydroxyl groups is 1. The molecule has 9 heteroatoms. The zero-order valence-corrected chi connectivity index (χ0v) is 14.3. The van der Waals surface area contributed by atoms with Gasteiger partial charge in [-0.3, -0.25) is 4.72 Å². The van der Waals surface area contributed by atoms with Gasteiger partial charge in [-0.2, -0.15) is 0 Å². The molecule has 0 aromatic carbocycles. The van der Waals surface area contributed by atoms with Gasteiger partial charge in [-0.05, 0) is 37.1 Å². The lowest BCUT2D eigenvalue weighted by Gasteiger charge is -2.32. The molecule has 24 heavy (non-hydrogen) atoms. The fourth-order valence-corrected chi connectivity index (χ4v) is 4.15. The minimum atomic E-state index is -3.52. The van der Waals surface area contributed by atoms with E-state index in [0.29, 0.717) is 31.0 Å². The summed E-state index contributed by atoms with van der Waals surface area (Å²) in [5.74, 6) is 0.986. The first kappa shape index (κ1) is 16.8. The first-order chi connectivity index (χ1) is 11.4. The van der Waals surface area contributed by atoms with Gasteiger partial charge in [0, 0.05) is 19.3 Å². The largest absolute Gasteiger partial charge is 0.506 e. The van der Waals surface area contributed by atoms with E-state index in [0.717, 1.165) is 5.82 Å². The van der Waals surface area contributed by atoms with Crippen molar-refractivity contribution in [1.82, 2.24) is 9.97 Å². The van der Waals surface area contributed by atoms with E-state index >= 15 is 0 Å². The van der Waals surface area contributed by atoms with E-state index in [2.05, 4.69) is 14.7 Å². The molecule has 2 aromatic rings. The van der Waals surface area contributed by atoms with Gasteiger partial charge < -0.3 is 10.0 Å². The molecule has 0 unspecified atom stereocenters. The molecule has 2 N–H and O–H groups in total. The van der Waals surface area contributed by atoms with Crippen molar-refractivity contribution in [3.63, 3.8) is 0 Å². The average molecular weight is 369 g/mol. The Hall–Kier alpha value is -2.06. The van der Waals surface area contributed by atoms with Gasteiger partial charge in [0.25, 0.3) is 0 Å². The highest BCUT2D eigenvalue weighted by atomic mass is 35.5. The zero-order valence-electron chi connectivity index (χ0n) is 12.8. The highest BCUT2D eigenvalue weighted by Crippen LogP contribution is 2.24. The molecule has 1 fully saturated rings. The maximum atomic E-state index is 12.5. The van der Waals surface area contributed by atoms with Crippen molar-refractivity contribution in [1.29, 1.82) is 0 Å². The van der Waals surface area contributed by atoms with Crippen LogP contribution in [-0.2, 0) is 10.0 Å². The van der Waals surface area contributed by atoms with Gasteiger partial charge in [0.2, 0.25) is 10.0 Å². The van der Waals surface area contributed by atoms with Crippen molar-refractivity contribution in [3.8, 4) is 5.75 Å². The van der Waals surface area contributed by atoms with Crippen LogP contribution >= 0.6 is 11.6 Å². The SMILES string of the molecule is O=S(=O)(Nc1ccc(O)cn1)C1CCN(c2ccc(Cl)cn2)CC1. The molecule has 0 spiro atoms. The number of nitrogens with zero attached hydrogens (tertiary/aromatic N) is 3. The van der Waals surface area contributed by atoms with E-state index in [1.807, 2.05) is 11.0 Å². The van der Waals surface area contributed by atoms with E-state index in [-0.39, 0.29) is 11.6 Å². The molecular formula is C15H17ClN4O3S. The maximum Gasteiger partial charge on any atom is 0.236 e. The van der Waals surface area contributed by atoms with Crippen LogP contribution in [0.2, 0.25) is 5.02 Å². The Morgan fingerprint density at radius 2 is 1.88 bits per heavy atom. The van der Waals surface area contributed by atoms with Crippen molar-refractivity contribution in [2.75, 3.05) is 22.7 Å². The third kappa shape index (κ3) is 3.88. The Bertz CT molecular complexity index is 788. The third-order valence-corrected chi connectivity index (χ3v) is 5.98. The van der Waals surface area contributed by atoms with Crippen LogP contribution in [0.25, 0.3) is 0 Å². The summed E-state index contributed by atoms with van der Waals surface area (Å²) in [6.45, 7) is 1.20. The van der Waals surface area contributed by atoms with Gasteiger partial charge in [0.15, 0.2) is 0 Å². The number of piperidine rings is 1. The summed E-state index contributed by atoms with van der Waals surface area (Å²) in [5, 5.41) is 9.28. The van der Waals surface area contributed by atoms with Crippen molar-refractivity contribution in [2.45, 2.75) is 18.1 Å². The first-order valence-electron chi connectivity index (χ1n) is 7.47. The van der Waals surface area contributed by atoms with Gasteiger partial charge in [0.1, 0.15) is 17.4 Å². The lowest BCUT2D eigenvalue weighted by atomic mass is 10.1. The molecule has 1 saturated heterocycles. The molecule has 1 aliphatic rings. The Morgan fingerprint density at radius 1 is 1.12 bits per heavy atom. The van der Waals surface area contributed by atoms with Gasteiger partial charge in [-0.15, -0.1) is 0 Å². The number of halogens is 1. The van der Waals surface area contributed by atoms with Crippen LogP contribution in [0.4, 0.5) is 11.6 Å². The number of rotatable bonds is 4. The third-order valence-electron chi connectivity index (χ3n) is 3.91. The average Bonchev–Trinajstić information content (AvgIpc) is 2.58. The Balaban J connectivity index is 1.62. The highest BCUT2D eigenvalue weighted by molar-refractivity contribution is 7.93. The molecular weight excluding hydrogens is 352 g/mol. The molecule has 0 saturated carbocycles. The standard InChI is InChI=1S/C15H17ClN4O3S/c16-11-1-4-15(18-9-11)20-7-5-13(6-8-20)24(22,23)19-14-3-2-12(21)10-17-14/h1-4,9-10,13,21H,5-8H2,(H,17,19). The van der Waals surface area contributed by atoms with Crippen molar-refractivity contribution in [2.24, 2.45) is 0 Å². The summed E-state index contributed by atoms with van der Waals surface area (Å²) in [6, 6.07) is 6.42. The molecule has 0 aliphatic carbocycles. The second-order valence-corrected chi connectivity index (χ2v) is 7.97. The number of anilines is 2. The normalized spacial score (nSPS) is 16.1. The summed E-state index contributed by atoms with van der Waals surface area (Å²) in [4.78, 5) is 10.2. The van der Waals surface area contributed by atoms with Crippen LogP contribution in [0.3, 0.4) is 0 Å². The maximum absolute atomic E-state index is 12.5. The summed E-state index contributed by atoms with van der Waals surface area (Å²) < 4.78 is 27.4. The van der Waals surface area contributed by atoms with Crippen LogP contribution in [0.15, 0.2) is 36.7 Å². The van der Waals surface area contributed by atoms with Crippen LogP contribution < -0.4 is 9.62 Å². The summed E-state index contributed by atoms with van der Waals surface area (Å²) in [5.41, 5.74) is 0. The molecule has 1 aliphatic heterocycles.